The van der Waals surface area contributed by atoms with E-state index in [0.717, 1.165) is 27.4 Å². The second kappa shape index (κ2) is 5.32. The number of phenolic OH excluding ortho intramolecular Hbond substituents is 1. The number of aromatic nitrogens is 1. The van der Waals surface area contributed by atoms with Crippen molar-refractivity contribution in [2.75, 3.05) is 0 Å². The van der Waals surface area contributed by atoms with Gasteiger partial charge in [0.1, 0.15) is 11.3 Å². The molecule has 1 heterocycles. The van der Waals surface area contributed by atoms with Gasteiger partial charge in [0.25, 0.3) is 0 Å². The Balaban J connectivity index is 2.08. The topological polar surface area (TPSA) is 33.1 Å². The number of phenols is 1. The van der Waals surface area contributed by atoms with Crippen molar-refractivity contribution in [3.8, 4) is 17.0 Å². The maximum absolute atomic E-state index is 10.4. The third kappa shape index (κ3) is 2.08. The molecule has 0 amide bonds. The first kappa shape index (κ1) is 14.0. The summed E-state index contributed by atoms with van der Waals surface area (Å²) >= 11 is 0. The summed E-state index contributed by atoms with van der Waals surface area (Å²) in [6, 6.07) is 28.4. The van der Waals surface area contributed by atoms with E-state index in [2.05, 4.69) is 42.5 Å². The molecule has 0 unspecified atom stereocenters. The molecule has 0 atom stereocenters. The van der Waals surface area contributed by atoms with Gasteiger partial charge >= 0.3 is 0 Å². The van der Waals surface area contributed by atoms with Crippen LogP contribution in [-0.4, -0.2) is 10.1 Å². The third-order valence-electron chi connectivity index (χ3n) is 4.74. The fourth-order valence-corrected chi connectivity index (χ4v) is 3.60. The molecule has 0 aliphatic heterocycles. The lowest BCUT2D eigenvalue weighted by atomic mass is 9.95. The van der Waals surface area contributed by atoms with E-state index in [9.17, 15) is 5.11 Å². The normalized spacial score (nSPS) is 11.4. The number of benzene rings is 4. The van der Waals surface area contributed by atoms with Gasteiger partial charge < -0.3 is 5.11 Å². The molecule has 2 heteroatoms. The minimum Gasteiger partial charge on any atom is -0.506 e. The zero-order chi connectivity index (χ0) is 16.8. The van der Waals surface area contributed by atoms with E-state index in [0.29, 0.717) is 5.52 Å². The number of rotatable bonds is 1. The molecule has 4 aromatic carbocycles. The van der Waals surface area contributed by atoms with Crippen LogP contribution in [0.3, 0.4) is 0 Å². The van der Waals surface area contributed by atoms with Crippen LogP contribution in [0.4, 0.5) is 0 Å². The van der Waals surface area contributed by atoms with Gasteiger partial charge in [0.2, 0.25) is 0 Å². The standard InChI is InChI=1S/C23H15NO/c25-20-12-6-11-18-21-17-10-5-4-7-15(17)13-14-19(21)22(24-23(18)20)16-8-2-1-3-9-16/h1-14,25H. The summed E-state index contributed by atoms with van der Waals surface area (Å²) in [5.41, 5.74) is 2.59. The molecule has 25 heavy (non-hydrogen) atoms. The van der Waals surface area contributed by atoms with Crippen molar-refractivity contribution in [1.29, 1.82) is 0 Å². The zero-order valence-electron chi connectivity index (χ0n) is 13.5. The van der Waals surface area contributed by atoms with Crippen molar-refractivity contribution in [3.63, 3.8) is 0 Å². The molecule has 0 saturated heterocycles. The van der Waals surface area contributed by atoms with Crippen LogP contribution >= 0.6 is 0 Å². The molecule has 0 spiro atoms. The lowest BCUT2D eigenvalue weighted by Gasteiger charge is -2.13. The van der Waals surface area contributed by atoms with Crippen molar-refractivity contribution in [1.82, 2.24) is 4.98 Å². The fourth-order valence-electron chi connectivity index (χ4n) is 3.60. The van der Waals surface area contributed by atoms with Gasteiger partial charge in [0.15, 0.2) is 0 Å². The smallest absolute Gasteiger partial charge is 0.141 e. The molecule has 118 valence electrons. The second-order valence-electron chi connectivity index (χ2n) is 6.21. The molecular weight excluding hydrogens is 306 g/mol. The Morgan fingerprint density at radius 3 is 2.24 bits per heavy atom. The van der Waals surface area contributed by atoms with Crippen LogP contribution in [-0.2, 0) is 0 Å². The minimum atomic E-state index is 0.213. The summed E-state index contributed by atoms with van der Waals surface area (Å²) < 4.78 is 0. The van der Waals surface area contributed by atoms with Crippen molar-refractivity contribution < 1.29 is 5.11 Å². The maximum atomic E-state index is 10.4. The van der Waals surface area contributed by atoms with Crippen LogP contribution in [0, 0.1) is 0 Å². The van der Waals surface area contributed by atoms with E-state index in [1.54, 1.807) is 6.07 Å². The molecule has 0 fully saturated rings. The van der Waals surface area contributed by atoms with E-state index >= 15 is 0 Å². The largest absolute Gasteiger partial charge is 0.506 e. The molecule has 0 radical (unpaired) electrons. The van der Waals surface area contributed by atoms with Crippen LogP contribution in [0.1, 0.15) is 0 Å². The SMILES string of the molecule is Oc1cccc2c1nc(-c1ccccc1)c1ccc3ccccc3c12. The Labute approximate surface area is 145 Å². The summed E-state index contributed by atoms with van der Waals surface area (Å²) in [4.78, 5) is 4.83. The predicted octanol–water partition coefficient (Wildman–Crippen LogP) is 5.91. The average molecular weight is 321 g/mol. The molecule has 0 bridgehead atoms. The van der Waals surface area contributed by atoms with Gasteiger partial charge in [-0.1, -0.05) is 78.9 Å². The van der Waals surface area contributed by atoms with Crippen LogP contribution in [0.15, 0.2) is 84.9 Å². The number of hydrogen-bond donors (Lipinski definition) is 1. The number of pyridine rings is 1. The summed E-state index contributed by atoms with van der Waals surface area (Å²) in [6.07, 6.45) is 0. The van der Waals surface area contributed by atoms with Crippen LogP contribution in [0.25, 0.3) is 43.7 Å². The highest BCUT2D eigenvalue weighted by Gasteiger charge is 2.14. The highest BCUT2D eigenvalue weighted by atomic mass is 16.3. The summed E-state index contributed by atoms with van der Waals surface area (Å²) in [7, 11) is 0. The lowest BCUT2D eigenvalue weighted by Crippen LogP contribution is -1.91. The van der Waals surface area contributed by atoms with Gasteiger partial charge in [-0.15, -0.1) is 0 Å². The molecule has 1 N–H and O–H groups in total. The molecule has 5 rings (SSSR count). The van der Waals surface area contributed by atoms with Gasteiger partial charge in [0.05, 0.1) is 5.69 Å². The number of fused-ring (bicyclic) bond motifs is 5. The molecule has 0 aliphatic rings. The summed E-state index contributed by atoms with van der Waals surface area (Å²) in [5, 5.41) is 16.0. The quantitative estimate of drug-likeness (QED) is 0.389. The van der Waals surface area contributed by atoms with Crippen molar-refractivity contribution in [2.45, 2.75) is 0 Å². The van der Waals surface area contributed by atoms with E-state index < -0.39 is 0 Å². The first-order valence-corrected chi connectivity index (χ1v) is 8.31. The minimum absolute atomic E-state index is 0.213. The third-order valence-corrected chi connectivity index (χ3v) is 4.74. The Morgan fingerprint density at radius 2 is 1.36 bits per heavy atom. The van der Waals surface area contributed by atoms with Gasteiger partial charge in [-0.2, -0.15) is 0 Å². The number of hydrogen-bond acceptors (Lipinski definition) is 2. The monoisotopic (exact) mass is 321 g/mol. The van der Waals surface area contributed by atoms with E-state index in [1.165, 1.54) is 10.8 Å². The van der Waals surface area contributed by atoms with Crippen LogP contribution in [0.2, 0.25) is 0 Å². The van der Waals surface area contributed by atoms with Gasteiger partial charge in [0, 0.05) is 21.7 Å². The van der Waals surface area contributed by atoms with Gasteiger partial charge in [-0.25, -0.2) is 4.98 Å². The first-order valence-electron chi connectivity index (χ1n) is 8.31. The highest BCUT2D eigenvalue weighted by Crippen LogP contribution is 2.38. The highest BCUT2D eigenvalue weighted by molar-refractivity contribution is 6.22. The van der Waals surface area contributed by atoms with Gasteiger partial charge in [-0.3, -0.25) is 0 Å². The number of nitrogens with zero attached hydrogens (tertiary/aromatic N) is 1. The Kier molecular flexibility index (Phi) is 2.98. The average Bonchev–Trinajstić information content (AvgIpc) is 2.68. The second-order valence-corrected chi connectivity index (χ2v) is 6.21. The van der Waals surface area contributed by atoms with Crippen LogP contribution < -0.4 is 0 Å². The summed E-state index contributed by atoms with van der Waals surface area (Å²) in [6.45, 7) is 0. The Morgan fingerprint density at radius 1 is 0.600 bits per heavy atom. The number of para-hydroxylation sites is 1. The molecular formula is C23H15NO. The van der Waals surface area contributed by atoms with Crippen LogP contribution in [0.5, 0.6) is 5.75 Å². The molecule has 1 aromatic heterocycles. The first-order chi connectivity index (χ1) is 12.3. The van der Waals surface area contributed by atoms with Gasteiger partial charge in [-0.05, 0) is 16.8 Å². The van der Waals surface area contributed by atoms with Crippen molar-refractivity contribution in [2.24, 2.45) is 0 Å². The molecule has 0 saturated carbocycles. The Hall–Kier alpha value is -3.39. The predicted molar refractivity (Wildman–Crippen MR) is 104 cm³/mol. The zero-order valence-corrected chi connectivity index (χ0v) is 13.5. The molecule has 0 aliphatic carbocycles. The maximum Gasteiger partial charge on any atom is 0.141 e. The lowest BCUT2D eigenvalue weighted by molar-refractivity contribution is 0.480. The number of aromatic hydroxyl groups is 1. The summed E-state index contributed by atoms with van der Waals surface area (Å²) in [5.74, 6) is 0.213. The van der Waals surface area contributed by atoms with Crippen molar-refractivity contribution >= 4 is 32.4 Å². The molecule has 5 aromatic rings. The van der Waals surface area contributed by atoms with Crippen molar-refractivity contribution in [3.05, 3.63) is 84.9 Å². The van der Waals surface area contributed by atoms with E-state index in [1.807, 2.05) is 36.4 Å². The fraction of sp³-hybridized carbons (Fsp3) is 0. The Bertz CT molecular complexity index is 1240. The van der Waals surface area contributed by atoms with E-state index in [4.69, 9.17) is 4.98 Å². The van der Waals surface area contributed by atoms with E-state index in [-0.39, 0.29) is 5.75 Å². The molecule has 2 nitrogen and oxygen atoms in total.